The molecule has 2 aliphatic carbocycles. The summed E-state index contributed by atoms with van der Waals surface area (Å²) in [5.74, 6) is -0.614. The zero-order valence-corrected chi connectivity index (χ0v) is 15.5. The predicted octanol–water partition coefficient (Wildman–Crippen LogP) is 2.86. The Morgan fingerprint density at radius 1 is 1.36 bits per heavy atom. The van der Waals surface area contributed by atoms with Gasteiger partial charge in [-0.15, -0.1) is 0 Å². The molecule has 1 aliphatic heterocycles. The fourth-order valence-corrected chi connectivity index (χ4v) is 4.34. The van der Waals surface area contributed by atoms with Crippen LogP contribution < -0.4 is 0 Å². The lowest BCUT2D eigenvalue weighted by Gasteiger charge is -2.33. The number of epoxide rings is 1. The standard InChI is InChI=1S/C20H28O5/c1-10(2)6-17(22)24-18-14(9-16-20(5,25-16)19(18)23)13-7-12(11(3)4)8-15(13)21/h10,12-14,16,18H,3,6-9H2,1-2,4-5H3/t12-,13-,14-,16-,18-,20-/m0/s1. The number of hydrogen-bond donors (Lipinski definition) is 0. The molecule has 6 atom stereocenters. The molecule has 25 heavy (non-hydrogen) atoms. The lowest BCUT2D eigenvalue weighted by atomic mass is 9.72. The van der Waals surface area contributed by atoms with E-state index in [1.54, 1.807) is 6.92 Å². The highest BCUT2D eigenvalue weighted by Gasteiger charge is 2.67. The fraction of sp³-hybridized carbons (Fsp3) is 0.750. The zero-order chi connectivity index (χ0) is 18.5. The minimum atomic E-state index is -0.868. The molecule has 0 aromatic carbocycles. The Morgan fingerprint density at radius 2 is 2.04 bits per heavy atom. The van der Waals surface area contributed by atoms with E-state index in [9.17, 15) is 14.4 Å². The second kappa shape index (κ2) is 6.35. The Morgan fingerprint density at radius 3 is 2.60 bits per heavy atom. The lowest BCUT2D eigenvalue weighted by molar-refractivity contribution is -0.164. The van der Waals surface area contributed by atoms with E-state index < -0.39 is 11.7 Å². The van der Waals surface area contributed by atoms with Gasteiger partial charge in [-0.1, -0.05) is 26.0 Å². The van der Waals surface area contributed by atoms with Crippen molar-refractivity contribution in [3.63, 3.8) is 0 Å². The number of esters is 1. The van der Waals surface area contributed by atoms with Crippen molar-refractivity contribution in [3.05, 3.63) is 12.2 Å². The first-order valence-electron chi connectivity index (χ1n) is 9.23. The minimum Gasteiger partial charge on any atom is -0.454 e. The van der Waals surface area contributed by atoms with Gasteiger partial charge in [-0.05, 0) is 38.5 Å². The van der Waals surface area contributed by atoms with E-state index in [0.717, 1.165) is 5.57 Å². The van der Waals surface area contributed by atoms with Crippen molar-refractivity contribution in [2.24, 2.45) is 23.7 Å². The molecule has 0 unspecified atom stereocenters. The fourth-order valence-electron chi connectivity index (χ4n) is 4.34. The van der Waals surface area contributed by atoms with Crippen LogP contribution >= 0.6 is 0 Å². The van der Waals surface area contributed by atoms with Gasteiger partial charge in [0, 0.05) is 24.7 Å². The third-order valence-corrected chi connectivity index (χ3v) is 6.01. The monoisotopic (exact) mass is 348 g/mol. The van der Waals surface area contributed by atoms with E-state index in [0.29, 0.717) is 19.3 Å². The van der Waals surface area contributed by atoms with Gasteiger partial charge in [0.25, 0.3) is 0 Å². The Kier molecular flexibility index (Phi) is 4.65. The minimum absolute atomic E-state index is 0.151. The Labute approximate surface area is 149 Å². The smallest absolute Gasteiger partial charge is 0.306 e. The summed E-state index contributed by atoms with van der Waals surface area (Å²) in [7, 11) is 0. The normalized spacial score (nSPS) is 40.1. The highest BCUT2D eigenvalue weighted by Crippen LogP contribution is 2.52. The van der Waals surface area contributed by atoms with Crippen LogP contribution in [0.25, 0.3) is 0 Å². The largest absolute Gasteiger partial charge is 0.454 e. The van der Waals surface area contributed by atoms with Crippen LogP contribution in [0, 0.1) is 23.7 Å². The quantitative estimate of drug-likeness (QED) is 0.434. The van der Waals surface area contributed by atoms with Crippen LogP contribution in [0.15, 0.2) is 12.2 Å². The highest BCUT2D eigenvalue weighted by molar-refractivity contribution is 5.97. The van der Waals surface area contributed by atoms with Crippen LogP contribution in [0.3, 0.4) is 0 Å². The molecule has 5 heteroatoms. The summed E-state index contributed by atoms with van der Waals surface area (Å²) in [6.45, 7) is 11.5. The second-order valence-electron chi connectivity index (χ2n) is 8.54. The average Bonchev–Trinajstić information content (AvgIpc) is 3.01. The number of hydrogen-bond acceptors (Lipinski definition) is 5. The molecule has 0 aromatic rings. The number of allylic oxidation sites excluding steroid dienone is 1. The molecule has 5 nitrogen and oxygen atoms in total. The molecule has 3 rings (SSSR count). The second-order valence-corrected chi connectivity index (χ2v) is 8.54. The van der Waals surface area contributed by atoms with Crippen molar-refractivity contribution in [1.29, 1.82) is 0 Å². The molecule has 1 heterocycles. The van der Waals surface area contributed by atoms with Gasteiger partial charge in [-0.25, -0.2) is 0 Å². The van der Waals surface area contributed by atoms with Gasteiger partial charge < -0.3 is 9.47 Å². The van der Waals surface area contributed by atoms with Crippen molar-refractivity contribution in [3.8, 4) is 0 Å². The van der Waals surface area contributed by atoms with Crippen LogP contribution in [-0.2, 0) is 23.9 Å². The number of carbonyl (C=O) groups is 3. The van der Waals surface area contributed by atoms with Crippen molar-refractivity contribution < 1.29 is 23.9 Å². The number of ether oxygens (including phenoxy) is 2. The van der Waals surface area contributed by atoms with E-state index in [-0.39, 0.29) is 53.7 Å². The first-order chi connectivity index (χ1) is 11.6. The van der Waals surface area contributed by atoms with Crippen LogP contribution in [0.1, 0.15) is 53.4 Å². The molecule has 1 saturated heterocycles. The zero-order valence-electron chi connectivity index (χ0n) is 15.5. The summed E-state index contributed by atoms with van der Waals surface area (Å²) in [6, 6.07) is 0. The molecule has 3 fully saturated rings. The summed E-state index contributed by atoms with van der Waals surface area (Å²) in [4.78, 5) is 37.6. The van der Waals surface area contributed by atoms with E-state index >= 15 is 0 Å². The molecule has 3 aliphatic rings. The molecular weight excluding hydrogens is 320 g/mol. The summed E-state index contributed by atoms with van der Waals surface area (Å²) in [6.07, 6.45) is 1.01. The van der Waals surface area contributed by atoms with Crippen molar-refractivity contribution in [2.45, 2.75) is 71.2 Å². The van der Waals surface area contributed by atoms with Crippen molar-refractivity contribution in [2.75, 3.05) is 0 Å². The molecule has 0 radical (unpaired) electrons. The third kappa shape index (κ3) is 3.31. The first-order valence-corrected chi connectivity index (χ1v) is 9.23. The molecule has 0 spiro atoms. The molecule has 2 saturated carbocycles. The van der Waals surface area contributed by atoms with Gasteiger partial charge >= 0.3 is 5.97 Å². The number of fused-ring (bicyclic) bond motifs is 1. The van der Waals surface area contributed by atoms with Crippen molar-refractivity contribution >= 4 is 17.5 Å². The van der Waals surface area contributed by atoms with Gasteiger partial charge in [-0.3, -0.25) is 14.4 Å². The maximum absolute atomic E-state index is 12.9. The number of carbonyl (C=O) groups excluding carboxylic acids is 3. The van der Waals surface area contributed by atoms with Crippen LogP contribution in [0.5, 0.6) is 0 Å². The van der Waals surface area contributed by atoms with Gasteiger partial charge in [-0.2, -0.15) is 0 Å². The topological polar surface area (TPSA) is 73.0 Å². The summed E-state index contributed by atoms with van der Waals surface area (Å²) in [5.41, 5.74) is 0.160. The van der Waals surface area contributed by atoms with Crippen LogP contribution in [0.2, 0.25) is 0 Å². The molecule has 0 bridgehead atoms. The number of Topliss-reactive ketones (excluding diaryl/α,β-unsaturated/α-hetero) is 2. The first kappa shape index (κ1) is 18.3. The lowest BCUT2D eigenvalue weighted by Crippen LogP contribution is -2.50. The average molecular weight is 348 g/mol. The molecule has 0 amide bonds. The predicted molar refractivity (Wildman–Crippen MR) is 91.8 cm³/mol. The van der Waals surface area contributed by atoms with Crippen LogP contribution in [-0.4, -0.2) is 35.3 Å². The summed E-state index contributed by atoms with van der Waals surface area (Å²) in [5, 5.41) is 0. The van der Waals surface area contributed by atoms with Crippen LogP contribution in [0.4, 0.5) is 0 Å². The third-order valence-electron chi connectivity index (χ3n) is 6.01. The van der Waals surface area contributed by atoms with E-state index in [1.807, 2.05) is 20.8 Å². The number of rotatable bonds is 5. The maximum atomic E-state index is 12.9. The van der Waals surface area contributed by atoms with Gasteiger partial charge in [0.1, 0.15) is 5.78 Å². The van der Waals surface area contributed by atoms with Gasteiger partial charge in [0.15, 0.2) is 11.7 Å². The highest BCUT2D eigenvalue weighted by atomic mass is 16.6. The molecule has 138 valence electrons. The van der Waals surface area contributed by atoms with Gasteiger partial charge in [0.05, 0.1) is 6.10 Å². The SMILES string of the molecule is C=C(C)[C@@H]1CC(=O)[C@H]([C@@H]2C[C@@H]3O[C@]3(C)C(=O)[C@H]2OC(=O)CC(C)C)C1. The maximum Gasteiger partial charge on any atom is 0.306 e. The van der Waals surface area contributed by atoms with Gasteiger partial charge in [0.2, 0.25) is 5.78 Å². The Bertz CT molecular complexity index is 622. The molecule has 0 aromatic heterocycles. The summed E-state index contributed by atoms with van der Waals surface area (Å²) < 4.78 is 11.2. The van der Waals surface area contributed by atoms with E-state index in [1.165, 1.54) is 0 Å². The van der Waals surface area contributed by atoms with E-state index in [2.05, 4.69) is 6.58 Å². The number of ketones is 2. The molecular formula is C20H28O5. The molecule has 0 N–H and O–H groups in total. The summed E-state index contributed by atoms with van der Waals surface area (Å²) >= 11 is 0. The van der Waals surface area contributed by atoms with Crippen molar-refractivity contribution in [1.82, 2.24) is 0 Å². The Hall–Kier alpha value is -1.49. The Balaban J connectivity index is 1.80. The van der Waals surface area contributed by atoms with E-state index in [4.69, 9.17) is 9.47 Å².